The van der Waals surface area contributed by atoms with Crippen molar-refractivity contribution in [3.05, 3.63) is 0 Å². The van der Waals surface area contributed by atoms with Crippen molar-refractivity contribution in [3.63, 3.8) is 0 Å². The van der Waals surface area contributed by atoms with Crippen molar-refractivity contribution in [2.75, 3.05) is 26.2 Å². The number of hydrogen-bond donors (Lipinski definition) is 2. The number of hydrogen-bond acceptors (Lipinski definition) is 3. The molecule has 0 aromatic heterocycles. The van der Waals surface area contributed by atoms with Gasteiger partial charge in [-0.25, -0.2) is 0 Å². The lowest BCUT2D eigenvalue weighted by molar-refractivity contribution is 0.396. The highest BCUT2D eigenvalue weighted by atomic mass is 32.2. The molecule has 1 saturated heterocycles. The van der Waals surface area contributed by atoms with E-state index in [9.17, 15) is 8.42 Å². The van der Waals surface area contributed by atoms with E-state index >= 15 is 0 Å². The normalized spacial score (nSPS) is 21.8. The van der Waals surface area contributed by atoms with Crippen LogP contribution in [0, 0.1) is 0 Å². The highest BCUT2D eigenvalue weighted by molar-refractivity contribution is 7.87. The summed E-state index contributed by atoms with van der Waals surface area (Å²) in [5, 5.41) is 3.15. The maximum Gasteiger partial charge on any atom is 0.279 e. The molecule has 0 bridgehead atoms. The Morgan fingerprint density at radius 3 is 2.38 bits per heavy atom. The van der Waals surface area contributed by atoms with E-state index in [1.54, 1.807) is 4.31 Å². The van der Waals surface area contributed by atoms with E-state index < -0.39 is 10.2 Å². The molecule has 1 aliphatic heterocycles. The van der Waals surface area contributed by atoms with Gasteiger partial charge in [0, 0.05) is 25.7 Å². The molecule has 0 aromatic carbocycles. The number of rotatable bonds is 7. The fraction of sp³-hybridized carbons (Fsp3) is 1.00. The van der Waals surface area contributed by atoms with Crippen LogP contribution in [0.25, 0.3) is 0 Å². The minimum atomic E-state index is -3.29. The predicted molar refractivity (Wildman–Crippen MR) is 65.5 cm³/mol. The number of nitrogens with one attached hydrogen (secondary N) is 2. The van der Waals surface area contributed by atoms with Crippen molar-refractivity contribution in [2.24, 2.45) is 0 Å². The lowest BCUT2D eigenvalue weighted by Gasteiger charge is -2.23. The molecule has 0 amide bonds. The van der Waals surface area contributed by atoms with E-state index in [0.29, 0.717) is 13.1 Å². The van der Waals surface area contributed by atoms with E-state index in [4.69, 9.17) is 0 Å². The van der Waals surface area contributed by atoms with Crippen LogP contribution in [-0.2, 0) is 10.2 Å². The van der Waals surface area contributed by atoms with Gasteiger partial charge in [-0.05, 0) is 25.8 Å². The third kappa shape index (κ3) is 4.01. The molecular weight excluding hydrogens is 226 g/mol. The first-order chi connectivity index (χ1) is 7.60. The van der Waals surface area contributed by atoms with E-state index in [0.717, 1.165) is 32.4 Å². The molecular formula is C10H23N3O2S. The van der Waals surface area contributed by atoms with E-state index in [1.165, 1.54) is 0 Å². The molecule has 96 valence electrons. The molecule has 1 heterocycles. The van der Waals surface area contributed by atoms with Crippen molar-refractivity contribution in [2.45, 2.75) is 39.2 Å². The molecule has 6 heteroatoms. The van der Waals surface area contributed by atoms with Gasteiger partial charge in [-0.1, -0.05) is 13.8 Å². The van der Waals surface area contributed by atoms with Gasteiger partial charge in [0.2, 0.25) is 0 Å². The molecule has 1 rings (SSSR count). The van der Waals surface area contributed by atoms with Crippen molar-refractivity contribution in [1.82, 2.24) is 14.3 Å². The fourth-order valence-electron chi connectivity index (χ4n) is 1.89. The van der Waals surface area contributed by atoms with Gasteiger partial charge in [0.05, 0.1) is 0 Å². The lowest BCUT2D eigenvalue weighted by atomic mass is 10.3. The highest BCUT2D eigenvalue weighted by Gasteiger charge is 2.25. The molecule has 1 aliphatic rings. The molecule has 0 radical (unpaired) electrons. The maximum atomic E-state index is 12.1. The standard InChI is InChI=1S/C10H23N3O2S/c1-3-7-13(8-4-2)16(14,15)12-10-5-6-11-9-10/h10-12H,3-9H2,1-2H3/t10-/m1/s1. The summed E-state index contributed by atoms with van der Waals surface area (Å²) in [6.07, 6.45) is 2.58. The van der Waals surface area contributed by atoms with Crippen molar-refractivity contribution < 1.29 is 8.42 Å². The van der Waals surface area contributed by atoms with E-state index in [2.05, 4.69) is 10.0 Å². The predicted octanol–water partition coefficient (Wildman–Crippen LogP) is 0.305. The Hall–Kier alpha value is -0.170. The van der Waals surface area contributed by atoms with Crippen LogP contribution in [-0.4, -0.2) is 44.9 Å². The summed E-state index contributed by atoms with van der Waals surface area (Å²) < 4.78 is 28.4. The van der Waals surface area contributed by atoms with Crippen LogP contribution < -0.4 is 10.0 Å². The SMILES string of the molecule is CCCN(CCC)S(=O)(=O)N[C@@H]1CCNC1. The fourth-order valence-corrected chi connectivity index (χ4v) is 3.51. The maximum absolute atomic E-state index is 12.1. The first-order valence-electron chi connectivity index (χ1n) is 6.08. The van der Waals surface area contributed by atoms with Gasteiger partial charge in [-0.15, -0.1) is 0 Å². The summed E-state index contributed by atoms with van der Waals surface area (Å²) in [5.41, 5.74) is 0. The second-order valence-electron chi connectivity index (χ2n) is 4.21. The van der Waals surface area contributed by atoms with E-state index in [1.807, 2.05) is 13.8 Å². The Kier molecular flexibility index (Phi) is 5.68. The van der Waals surface area contributed by atoms with Gasteiger partial charge in [0.15, 0.2) is 0 Å². The molecule has 0 saturated carbocycles. The van der Waals surface area contributed by atoms with E-state index in [-0.39, 0.29) is 6.04 Å². The zero-order valence-corrected chi connectivity index (χ0v) is 11.0. The molecule has 5 nitrogen and oxygen atoms in total. The second kappa shape index (κ2) is 6.54. The van der Waals surface area contributed by atoms with Crippen LogP contribution in [0.15, 0.2) is 0 Å². The Morgan fingerprint density at radius 1 is 1.31 bits per heavy atom. The van der Waals surface area contributed by atoms with Crippen molar-refractivity contribution >= 4 is 10.2 Å². The van der Waals surface area contributed by atoms with Gasteiger partial charge in [0.1, 0.15) is 0 Å². The van der Waals surface area contributed by atoms with Crippen LogP contribution in [0.1, 0.15) is 33.1 Å². The smallest absolute Gasteiger partial charge is 0.279 e. The van der Waals surface area contributed by atoms with Crippen molar-refractivity contribution in [3.8, 4) is 0 Å². The van der Waals surface area contributed by atoms with Gasteiger partial charge in [0.25, 0.3) is 10.2 Å². The average Bonchev–Trinajstić information content (AvgIpc) is 2.69. The molecule has 0 unspecified atom stereocenters. The molecule has 1 fully saturated rings. The van der Waals surface area contributed by atoms with Crippen LogP contribution in [0.2, 0.25) is 0 Å². The summed E-state index contributed by atoms with van der Waals surface area (Å²) in [6, 6.07) is 0.0567. The zero-order chi connectivity index (χ0) is 12.0. The molecule has 0 aromatic rings. The Bertz CT molecular complexity index is 280. The zero-order valence-electron chi connectivity index (χ0n) is 10.2. The topological polar surface area (TPSA) is 61.4 Å². The summed E-state index contributed by atoms with van der Waals surface area (Å²) in [7, 11) is -3.29. The molecule has 0 aliphatic carbocycles. The molecule has 2 N–H and O–H groups in total. The summed E-state index contributed by atoms with van der Waals surface area (Å²) in [4.78, 5) is 0. The molecule has 1 atom stereocenters. The summed E-state index contributed by atoms with van der Waals surface area (Å²) >= 11 is 0. The first-order valence-corrected chi connectivity index (χ1v) is 7.52. The quantitative estimate of drug-likeness (QED) is 0.682. The molecule has 0 spiro atoms. The van der Waals surface area contributed by atoms with Gasteiger partial charge >= 0.3 is 0 Å². The van der Waals surface area contributed by atoms with Gasteiger partial charge in [-0.2, -0.15) is 17.4 Å². The Morgan fingerprint density at radius 2 is 1.94 bits per heavy atom. The van der Waals surface area contributed by atoms with Crippen LogP contribution in [0.3, 0.4) is 0 Å². The lowest BCUT2D eigenvalue weighted by Crippen LogP contribution is -2.46. The van der Waals surface area contributed by atoms with Crippen LogP contribution >= 0.6 is 0 Å². The summed E-state index contributed by atoms with van der Waals surface area (Å²) in [5.74, 6) is 0. The van der Waals surface area contributed by atoms with Crippen LogP contribution in [0.5, 0.6) is 0 Å². The minimum Gasteiger partial charge on any atom is -0.315 e. The van der Waals surface area contributed by atoms with Crippen molar-refractivity contribution in [1.29, 1.82) is 0 Å². The summed E-state index contributed by atoms with van der Waals surface area (Å²) in [6.45, 7) is 6.83. The highest BCUT2D eigenvalue weighted by Crippen LogP contribution is 2.05. The largest absolute Gasteiger partial charge is 0.315 e. The number of nitrogens with zero attached hydrogens (tertiary/aromatic N) is 1. The minimum absolute atomic E-state index is 0.0567. The van der Waals surface area contributed by atoms with Gasteiger partial charge in [-0.3, -0.25) is 0 Å². The Labute approximate surface area is 98.8 Å². The monoisotopic (exact) mass is 249 g/mol. The average molecular weight is 249 g/mol. The van der Waals surface area contributed by atoms with Crippen LogP contribution in [0.4, 0.5) is 0 Å². The second-order valence-corrected chi connectivity index (χ2v) is 5.91. The Balaban J connectivity index is 2.57. The third-order valence-corrected chi connectivity index (χ3v) is 4.34. The molecule has 16 heavy (non-hydrogen) atoms. The van der Waals surface area contributed by atoms with Gasteiger partial charge < -0.3 is 5.32 Å². The third-order valence-electron chi connectivity index (χ3n) is 2.66. The first kappa shape index (κ1) is 13.9.